The van der Waals surface area contributed by atoms with Gasteiger partial charge >= 0.3 is 0 Å². The van der Waals surface area contributed by atoms with Crippen molar-refractivity contribution in [2.45, 2.75) is 6.42 Å². The number of hydrogen-bond acceptors (Lipinski definition) is 5. The molecule has 2 heterocycles. The summed E-state index contributed by atoms with van der Waals surface area (Å²) in [6, 6.07) is 16.1. The van der Waals surface area contributed by atoms with Crippen LogP contribution in [0.5, 0.6) is 5.75 Å². The summed E-state index contributed by atoms with van der Waals surface area (Å²) in [4.78, 5) is 13.7. The summed E-state index contributed by atoms with van der Waals surface area (Å²) in [5.41, 5.74) is 5.26. The maximum Gasteiger partial charge on any atom is 0.162 e. The standard InChI is InChI=1S/C23H18N4O/c1-28-20-7-3-6-19-21(20)26-22(16-10-12-24-13-11-16)27-23(19)25-18-9-8-15-4-2-5-17(15)14-18/h2-3,5-14H,4H2,1H3,(H,25,26,27). The first-order valence-corrected chi connectivity index (χ1v) is 9.13. The van der Waals surface area contributed by atoms with Crippen LogP contribution in [0, 0.1) is 0 Å². The Balaban J connectivity index is 1.67. The molecule has 0 amide bonds. The molecule has 0 saturated carbocycles. The minimum atomic E-state index is 0.628. The van der Waals surface area contributed by atoms with Crippen molar-refractivity contribution in [2.24, 2.45) is 0 Å². The van der Waals surface area contributed by atoms with E-state index in [0.29, 0.717) is 5.82 Å². The van der Waals surface area contributed by atoms with E-state index in [9.17, 15) is 0 Å². The van der Waals surface area contributed by atoms with Crippen molar-refractivity contribution < 1.29 is 4.74 Å². The number of rotatable bonds is 4. The molecule has 0 saturated heterocycles. The number of para-hydroxylation sites is 1. The SMILES string of the molecule is COc1cccc2c(Nc3ccc4c(c3)C=CC4)nc(-c3ccncc3)nc12. The highest BCUT2D eigenvalue weighted by Gasteiger charge is 2.14. The van der Waals surface area contributed by atoms with Crippen LogP contribution in [-0.2, 0) is 6.42 Å². The first kappa shape index (κ1) is 16.4. The fourth-order valence-corrected chi connectivity index (χ4v) is 3.48. The van der Waals surface area contributed by atoms with Gasteiger partial charge in [-0.25, -0.2) is 9.97 Å². The third-order valence-electron chi connectivity index (χ3n) is 4.89. The second-order valence-corrected chi connectivity index (χ2v) is 6.63. The quantitative estimate of drug-likeness (QED) is 0.550. The van der Waals surface area contributed by atoms with Gasteiger partial charge in [-0.1, -0.05) is 24.3 Å². The summed E-state index contributed by atoms with van der Waals surface area (Å²) in [6.07, 6.45) is 8.82. The lowest BCUT2D eigenvalue weighted by molar-refractivity contribution is 0.419. The highest BCUT2D eigenvalue weighted by Crippen LogP contribution is 2.33. The van der Waals surface area contributed by atoms with Gasteiger partial charge in [0, 0.05) is 29.0 Å². The zero-order valence-corrected chi connectivity index (χ0v) is 15.4. The zero-order valence-electron chi connectivity index (χ0n) is 15.4. The predicted octanol–water partition coefficient (Wildman–Crippen LogP) is 5.01. The zero-order chi connectivity index (χ0) is 18.9. The molecule has 0 fully saturated rings. The van der Waals surface area contributed by atoms with E-state index >= 15 is 0 Å². The second-order valence-electron chi connectivity index (χ2n) is 6.63. The number of methoxy groups -OCH3 is 1. The summed E-state index contributed by atoms with van der Waals surface area (Å²) in [7, 11) is 1.66. The number of ether oxygens (including phenoxy) is 1. The molecule has 5 heteroatoms. The second kappa shape index (κ2) is 6.78. The molecule has 0 spiro atoms. The van der Waals surface area contributed by atoms with Gasteiger partial charge < -0.3 is 10.1 Å². The van der Waals surface area contributed by atoms with Crippen LogP contribution in [0.25, 0.3) is 28.4 Å². The molecule has 0 radical (unpaired) electrons. The van der Waals surface area contributed by atoms with E-state index in [1.807, 2.05) is 30.3 Å². The number of hydrogen-bond donors (Lipinski definition) is 1. The lowest BCUT2D eigenvalue weighted by Gasteiger charge is -2.13. The Morgan fingerprint density at radius 1 is 1.00 bits per heavy atom. The van der Waals surface area contributed by atoms with E-state index in [2.05, 4.69) is 40.7 Å². The van der Waals surface area contributed by atoms with Gasteiger partial charge in [0.15, 0.2) is 5.82 Å². The Bertz CT molecular complexity index is 1200. The maximum absolute atomic E-state index is 5.54. The Morgan fingerprint density at radius 2 is 1.89 bits per heavy atom. The molecule has 28 heavy (non-hydrogen) atoms. The van der Waals surface area contributed by atoms with Crippen LogP contribution < -0.4 is 10.1 Å². The van der Waals surface area contributed by atoms with Crippen LogP contribution in [0.4, 0.5) is 11.5 Å². The van der Waals surface area contributed by atoms with E-state index in [-0.39, 0.29) is 0 Å². The molecule has 1 N–H and O–H groups in total. The van der Waals surface area contributed by atoms with E-state index < -0.39 is 0 Å². The van der Waals surface area contributed by atoms with Crippen molar-refractivity contribution in [2.75, 3.05) is 12.4 Å². The number of aromatic nitrogens is 3. The van der Waals surface area contributed by atoms with Crippen molar-refractivity contribution in [1.82, 2.24) is 15.0 Å². The molecular formula is C23H18N4O. The Morgan fingerprint density at radius 3 is 2.75 bits per heavy atom. The summed E-state index contributed by atoms with van der Waals surface area (Å²) in [6.45, 7) is 0. The van der Waals surface area contributed by atoms with Crippen LogP contribution in [-0.4, -0.2) is 22.1 Å². The van der Waals surface area contributed by atoms with Crippen molar-refractivity contribution in [1.29, 1.82) is 0 Å². The highest BCUT2D eigenvalue weighted by atomic mass is 16.5. The van der Waals surface area contributed by atoms with Crippen LogP contribution in [0.1, 0.15) is 11.1 Å². The van der Waals surface area contributed by atoms with Gasteiger partial charge in [0.1, 0.15) is 17.1 Å². The van der Waals surface area contributed by atoms with Gasteiger partial charge in [-0.2, -0.15) is 0 Å². The summed E-state index contributed by atoms with van der Waals surface area (Å²) >= 11 is 0. The van der Waals surface area contributed by atoms with Gasteiger partial charge in [-0.3, -0.25) is 4.98 Å². The number of anilines is 2. The van der Waals surface area contributed by atoms with E-state index in [4.69, 9.17) is 14.7 Å². The van der Waals surface area contributed by atoms with Gasteiger partial charge in [-0.15, -0.1) is 0 Å². The predicted molar refractivity (Wildman–Crippen MR) is 112 cm³/mol. The minimum Gasteiger partial charge on any atom is -0.494 e. The van der Waals surface area contributed by atoms with Gasteiger partial charge in [0.2, 0.25) is 0 Å². The smallest absolute Gasteiger partial charge is 0.162 e. The summed E-state index contributed by atoms with van der Waals surface area (Å²) < 4.78 is 5.54. The van der Waals surface area contributed by atoms with E-state index in [1.54, 1.807) is 19.5 Å². The first-order valence-electron chi connectivity index (χ1n) is 9.13. The molecule has 0 atom stereocenters. The summed E-state index contributed by atoms with van der Waals surface area (Å²) in [5, 5.41) is 4.39. The molecule has 1 aliphatic carbocycles. The minimum absolute atomic E-state index is 0.628. The fraction of sp³-hybridized carbons (Fsp3) is 0.0870. The van der Waals surface area contributed by atoms with Crippen LogP contribution in [0.2, 0.25) is 0 Å². The molecule has 5 nitrogen and oxygen atoms in total. The molecule has 0 bridgehead atoms. The topological polar surface area (TPSA) is 59.9 Å². The lowest BCUT2D eigenvalue weighted by atomic mass is 10.1. The average Bonchev–Trinajstić information content (AvgIpc) is 3.22. The molecule has 4 aromatic rings. The Labute approximate surface area is 162 Å². The molecule has 2 aromatic heterocycles. The van der Waals surface area contributed by atoms with Crippen LogP contribution >= 0.6 is 0 Å². The lowest BCUT2D eigenvalue weighted by Crippen LogP contribution is -2.01. The third-order valence-corrected chi connectivity index (χ3v) is 4.89. The number of fused-ring (bicyclic) bond motifs is 2. The van der Waals surface area contributed by atoms with Crippen molar-refractivity contribution in [3.8, 4) is 17.1 Å². The maximum atomic E-state index is 5.54. The van der Waals surface area contributed by atoms with Gasteiger partial charge in [-0.05, 0) is 53.9 Å². The Hall–Kier alpha value is -3.73. The van der Waals surface area contributed by atoms with Crippen molar-refractivity contribution in [3.05, 3.63) is 78.1 Å². The number of nitrogens with one attached hydrogen (secondary N) is 1. The first-order chi connectivity index (χ1) is 13.8. The van der Waals surface area contributed by atoms with Crippen molar-refractivity contribution in [3.63, 3.8) is 0 Å². The monoisotopic (exact) mass is 366 g/mol. The molecule has 0 aliphatic heterocycles. The third kappa shape index (κ3) is 2.87. The molecule has 2 aromatic carbocycles. The Kier molecular flexibility index (Phi) is 3.98. The molecule has 5 rings (SSSR count). The average molecular weight is 366 g/mol. The number of benzene rings is 2. The molecule has 136 valence electrons. The normalized spacial score (nSPS) is 12.2. The molecule has 1 aliphatic rings. The number of allylic oxidation sites excluding steroid dienone is 1. The summed E-state index contributed by atoms with van der Waals surface area (Å²) in [5.74, 6) is 2.09. The molecule has 0 unspecified atom stereocenters. The van der Waals surface area contributed by atoms with E-state index in [1.165, 1.54) is 11.1 Å². The van der Waals surface area contributed by atoms with Crippen LogP contribution in [0.3, 0.4) is 0 Å². The van der Waals surface area contributed by atoms with Crippen molar-refractivity contribution >= 4 is 28.5 Å². The van der Waals surface area contributed by atoms with Gasteiger partial charge in [0.05, 0.1) is 7.11 Å². The van der Waals surface area contributed by atoms with Gasteiger partial charge in [0.25, 0.3) is 0 Å². The molecular weight excluding hydrogens is 348 g/mol. The number of pyridine rings is 1. The highest BCUT2D eigenvalue weighted by molar-refractivity contribution is 5.95. The fourth-order valence-electron chi connectivity index (χ4n) is 3.48. The number of nitrogens with zero attached hydrogens (tertiary/aromatic N) is 3. The largest absolute Gasteiger partial charge is 0.494 e. The van der Waals surface area contributed by atoms with Crippen LogP contribution in [0.15, 0.2) is 67.0 Å². The van der Waals surface area contributed by atoms with E-state index in [0.717, 1.165) is 40.1 Å².